The van der Waals surface area contributed by atoms with Crippen molar-refractivity contribution < 1.29 is 33.0 Å². The lowest BCUT2D eigenvalue weighted by Crippen LogP contribution is -2.07. The van der Waals surface area contributed by atoms with E-state index in [-0.39, 0.29) is 24.9 Å². The first-order valence-corrected chi connectivity index (χ1v) is 8.29. The van der Waals surface area contributed by atoms with Crippen LogP contribution in [-0.2, 0) is 11.3 Å². The molecule has 0 amide bonds. The third-order valence-corrected chi connectivity index (χ3v) is 4.05. The first-order valence-electron chi connectivity index (χ1n) is 8.29. The maximum Gasteiger partial charge on any atom is 0.342 e. The Labute approximate surface area is 159 Å². The van der Waals surface area contributed by atoms with Gasteiger partial charge in [0.25, 0.3) is 5.89 Å². The van der Waals surface area contributed by atoms with E-state index >= 15 is 0 Å². The Morgan fingerprint density at radius 3 is 2.75 bits per heavy atom. The number of carbonyl (C=O) groups is 1. The predicted molar refractivity (Wildman–Crippen MR) is 94.5 cm³/mol. The van der Waals surface area contributed by atoms with Gasteiger partial charge in [-0.3, -0.25) is 0 Å². The molecule has 0 bridgehead atoms. The van der Waals surface area contributed by atoms with Crippen LogP contribution in [0.25, 0.3) is 11.4 Å². The van der Waals surface area contributed by atoms with Crippen LogP contribution in [-0.4, -0.2) is 37.1 Å². The van der Waals surface area contributed by atoms with Crippen LogP contribution in [0, 0.1) is 0 Å². The molecule has 2 heterocycles. The van der Waals surface area contributed by atoms with E-state index < -0.39 is 5.97 Å². The molecule has 0 spiro atoms. The number of hydrogen-bond acceptors (Lipinski definition) is 9. The maximum atomic E-state index is 12.3. The van der Waals surface area contributed by atoms with Crippen LogP contribution in [0.5, 0.6) is 23.0 Å². The van der Waals surface area contributed by atoms with E-state index in [1.165, 1.54) is 14.2 Å². The maximum absolute atomic E-state index is 12.3. The third kappa shape index (κ3) is 3.41. The lowest BCUT2D eigenvalue weighted by Gasteiger charge is -2.09. The van der Waals surface area contributed by atoms with Gasteiger partial charge in [0.05, 0.1) is 14.2 Å². The Morgan fingerprint density at radius 1 is 1.07 bits per heavy atom. The normalized spacial score (nSPS) is 11.9. The summed E-state index contributed by atoms with van der Waals surface area (Å²) in [6.07, 6.45) is 0. The molecule has 9 heteroatoms. The molecule has 1 aliphatic rings. The average Bonchev–Trinajstić information content (AvgIpc) is 3.40. The van der Waals surface area contributed by atoms with Crippen molar-refractivity contribution >= 4 is 5.97 Å². The standard InChI is InChI=1S/C19H16N2O7/c1-23-12-4-5-13(15(8-12)24-2)19(22)25-9-17-20-18(21-28-17)11-3-6-14-16(7-11)27-10-26-14/h3-8H,9-10H2,1-2H3. The molecule has 1 aromatic heterocycles. The fraction of sp³-hybridized carbons (Fsp3) is 0.211. The number of aromatic nitrogens is 2. The topological polar surface area (TPSA) is 102 Å². The molecule has 3 aromatic rings. The lowest BCUT2D eigenvalue weighted by atomic mass is 10.2. The summed E-state index contributed by atoms with van der Waals surface area (Å²) < 4.78 is 31.3. The predicted octanol–water partition coefficient (Wildman–Crippen LogP) is 2.84. The molecule has 0 unspecified atom stereocenters. The molecule has 0 N–H and O–H groups in total. The largest absolute Gasteiger partial charge is 0.497 e. The minimum atomic E-state index is -0.581. The molecule has 0 atom stereocenters. The van der Waals surface area contributed by atoms with Crippen LogP contribution in [0.4, 0.5) is 0 Å². The number of methoxy groups -OCH3 is 2. The SMILES string of the molecule is COc1ccc(C(=O)OCc2nc(-c3ccc4c(c3)OCO4)no2)c(OC)c1. The minimum absolute atomic E-state index is 0.161. The van der Waals surface area contributed by atoms with Gasteiger partial charge in [-0.2, -0.15) is 4.98 Å². The molecule has 0 saturated carbocycles. The summed E-state index contributed by atoms with van der Waals surface area (Å²) in [5.74, 6) is 2.12. The number of esters is 1. The molecule has 1 aliphatic heterocycles. The van der Waals surface area contributed by atoms with Crippen LogP contribution in [0.15, 0.2) is 40.9 Å². The fourth-order valence-corrected chi connectivity index (χ4v) is 2.64. The van der Waals surface area contributed by atoms with Gasteiger partial charge in [-0.25, -0.2) is 4.79 Å². The van der Waals surface area contributed by atoms with E-state index in [9.17, 15) is 4.79 Å². The van der Waals surface area contributed by atoms with Gasteiger partial charge in [0.2, 0.25) is 12.6 Å². The molecule has 9 nitrogen and oxygen atoms in total. The van der Waals surface area contributed by atoms with Gasteiger partial charge in [-0.05, 0) is 30.3 Å². The quantitative estimate of drug-likeness (QED) is 0.594. The highest BCUT2D eigenvalue weighted by Crippen LogP contribution is 2.35. The second kappa shape index (κ2) is 7.47. The highest BCUT2D eigenvalue weighted by atomic mass is 16.7. The summed E-state index contributed by atoms with van der Waals surface area (Å²) in [5, 5.41) is 3.90. The lowest BCUT2D eigenvalue weighted by molar-refractivity contribution is 0.0426. The van der Waals surface area contributed by atoms with Crippen molar-refractivity contribution in [1.29, 1.82) is 0 Å². The number of hydrogen-bond donors (Lipinski definition) is 0. The highest BCUT2D eigenvalue weighted by Gasteiger charge is 2.19. The molecule has 0 fully saturated rings. The van der Waals surface area contributed by atoms with Crippen LogP contribution in [0.3, 0.4) is 0 Å². The summed E-state index contributed by atoms with van der Waals surface area (Å²) in [4.78, 5) is 16.6. The zero-order valence-electron chi connectivity index (χ0n) is 15.1. The Bertz CT molecular complexity index is 1020. The second-order valence-corrected chi connectivity index (χ2v) is 5.72. The fourth-order valence-electron chi connectivity index (χ4n) is 2.64. The second-order valence-electron chi connectivity index (χ2n) is 5.72. The molecule has 2 aromatic carbocycles. The monoisotopic (exact) mass is 384 g/mol. The number of benzene rings is 2. The molecular weight excluding hydrogens is 368 g/mol. The average molecular weight is 384 g/mol. The highest BCUT2D eigenvalue weighted by molar-refractivity contribution is 5.92. The molecule has 28 heavy (non-hydrogen) atoms. The van der Waals surface area contributed by atoms with Crippen molar-refractivity contribution in [3.8, 4) is 34.4 Å². The van der Waals surface area contributed by atoms with Crippen LogP contribution in [0.1, 0.15) is 16.2 Å². The molecular formula is C19H16N2O7. The minimum Gasteiger partial charge on any atom is -0.497 e. The van der Waals surface area contributed by atoms with E-state index in [1.54, 1.807) is 36.4 Å². The molecule has 4 rings (SSSR count). The summed E-state index contributed by atoms with van der Waals surface area (Å²) >= 11 is 0. The summed E-state index contributed by atoms with van der Waals surface area (Å²) in [6.45, 7) is 0.00657. The molecule has 144 valence electrons. The van der Waals surface area contributed by atoms with Crippen molar-refractivity contribution in [2.24, 2.45) is 0 Å². The van der Waals surface area contributed by atoms with E-state index in [2.05, 4.69) is 10.1 Å². The Morgan fingerprint density at radius 2 is 1.93 bits per heavy atom. The van der Waals surface area contributed by atoms with E-state index in [4.69, 9.17) is 28.2 Å². The Kier molecular flexibility index (Phi) is 4.71. The zero-order valence-corrected chi connectivity index (χ0v) is 15.1. The van der Waals surface area contributed by atoms with Gasteiger partial charge in [0, 0.05) is 11.6 Å². The van der Waals surface area contributed by atoms with Crippen molar-refractivity contribution in [2.75, 3.05) is 21.0 Å². The van der Waals surface area contributed by atoms with Gasteiger partial charge in [0.15, 0.2) is 18.1 Å². The molecule has 0 aliphatic carbocycles. The number of fused-ring (bicyclic) bond motifs is 1. The van der Waals surface area contributed by atoms with Gasteiger partial charge >= 0.3 is 5.97 Å². The third-order valence-electron chi connectivity index (χ3n) is 4.05. The van der Waals surface area contributed by atoms with Gasteiger partial charge in [-0.15, -0.1) is 0 Å². The van der Waals surface area contributed by atoms with Gasteiger partial charge in [-0.1, -0.05) is 5.16 Å². The molecule has 0 saturated heterocycles. The number of rotatable bonds is 6. The summed E-state index contributed by atoms with van der Waals surface area (Å²) in [7, 11) is 2.99. The number of carbonyl (C=O) groups excluding carboxylic acids is 1. The van der Waals surface area contributed by atoms with Crippen LogP contribution < -0.4 is 18.9 Å². The van der Waals surface area contributed by atoms with Crippen molar-refractivity contribution in [3.63, 3.8) is 0 Å². The van der Waals surface area contributed by atoms with Gasteiger partial charge in [0.1, 0.15) is 17.1 Å². The van der Waals surface area contributed by atoms with Crippen LogP contribution >= 0.6 is 0 Å². The van der Waals surface area contributed by atoms with Crippen molar-refractivity contribution in [1.82, 2.24) is 10.1 Å². The number of ether oxygens (including phenoxy) is 5. The molecule has 0 radical (unpaired) electrons. The summed E-state index contributed by atoms with van der Waals surface area (Å²) in [6, 6.07) is 10.1. The first kappa shape index (κ1) is 17.7. The Hall–Kier alpha value is -3.75. The van der Waals surface area contributed by atoms with E-state index in [0.717, 1.165) is 0 Å². The van der Waals surface area contributed by atoms with E-state index in [1.807, 2.05) is 0 Å². The van der Waals surface area contributed by atoms with E-state index in [0.29, 0.717) is 34.4 Å². The first-order chi connectivity index (χ1) is 13.7. The Balaban J connectivity index is 1.44. The van der Waals surface area contributed by atoms with Gasteiger partial charge < -0.3 is 28.2 Å². The number of nitrogens with zero attached hydrogens (tertiary/aromatic N) is 2. The summed E-state index contributed by atoms with van der Waals surface area (Å²) in [5.41, 5.74) is 0.959. The van der Waals surface area contributed by atoms with Crippen molar-refractivity contribution in [3.05, 3.63) is 47.9 Å². The zero-order chi connectivity index (χ0) is 19.5. The smallest absolute Gasteiger partial charge is 0.342 e. The van der Waals surface area contributed by atoms with Crippen molar-refractivity contribution in [2.45, 2.75) is 6.61 Å². The van der Waals surface area contributed by atoms with Crippen LogP contribution in [0.2, 0.25) is 0 Å².